The summed E-state index contributed by atoms with van der Waals surface area (Å²) in [5.41, 5.74) is 4.48. The number of hydrogen-bond acceptors (Lipinski definition) is 6. The number of rotatable bonds is 8. The van der Waals surface area contributed by atoms with Crippen molar-refractivity contribution in [1.82, 2.24) is 15.2 Å². The highest BCUT2D eigenvalue weighted by Gasteiger charge is 2.19. The van der Waals surface area contributed by atoms with Gasteiger partial charge in [-0.3, -0.25) is 14.6 Å². The van der Waals surface area contributed by atoms with Crippen molar-refractivity contribution in [1.29, 1.82) is 0 Å². The fourth-order valence-corrected chi connectivity index (χ4v) is 3.51. The second-order valence-electron chi connectivity index (χ2n) is 7.04. The summed E-state index contributed by atoms with van der Waals surface area (Å²) in [4.78, 5) is 16.7. The van der Waals surface area contributed by atoms with Crippen molar-refractivity contribution in [2.24, 2.45) is 5.10 Å². The highest BCUT2D eigenvalue weighted by molar-refractivity contribution is 6.31. The molecule has 0 aliphatic carbocycles. The Labute approximate surface area is 182 Å². The highest BCUT2D eigenvalue weighted by Crippen LogP contribution is 2.23. The van der Waals surface area contributed by atoms with Crippen molar-refractivity contribution in [3.05, 3.63) is 58.6 Å². The Morgan fingerprint density at radius 2 is 1.83 bits per heavy atom. The average molecular weight is 431 g/mol. The maximum atomic E-state index is 12.2. The molecule has 1 heterocycles. The van der Waals surface area contributed by atoms with Crippen LogP contribution in [0.4, 0.5) is 0 Å². The monoisotopic (exact) mass is 430 g/mol. The normalized spacial score (nSPS) is 15.3. The van der Waals surface area contributed by atoms with Gasteiger partial charge in [-0.2, -0.15) is 5.10 Å². The van der Waals surface area contributed by atoms with Gasteiger partial charge in [0, 0.05) is 49.4 Å². The predicted octanol–water partition coefficient (Wildman–Crippen LogP) is 2.63. The van der Waals surface area contributed by atoms with Crippen LogP contribution in [0, 0.1) is 0 Å². The first kappa shape index (κ1) is 22.1. The smallest absolute Gasteiger partial charge is 0.254 e. The van der Waals surface area contributed by atoms with Crippen LogP contribution in [-0.4, -0.2) is 68.9 Å². The number of amides is 1. The van der Waals surface area contributed by atoms with Crippen molar-refractivity contribution in [3.63, 3.8) is 0 Å². The van der Waals surface area contributed by atoms with E-state index in [0.717, 1.165) is 48.9 Å². The molecule has 1 fully saturated rings. The molecule has 8 heteroatoms. The Kier molecular flexibility index (Phi) is 8.07. The van der Waals surface area contributed by atoms with E-state index in [1.165, 1.54) is 0 Å². The first-order valence-electron chi connectivity index (χ1n) is 9.81. The zero-order chi connectivity index (χ0) is 21.3. The van der Waals surface area contributed by atoms with Crippen LogP contribution >= 0.6 is 11.6 Å². The lowest BCUT2D eigenvalue weighted by atomic mass is 10.2. The molecule has 0 spiro atoms. The Morgan fingerprint density at radius 1 is 1.10 bits per heavy atom. The zero-order valence-corrected chi connectivity index (χ0v) is 18.1. The average Bonchev–Trinajstić information content (AvgIpc) is 2.77. The molecule has 160 valence electrons. The molecular weight excluding hydrogens is 404 g/mol. The summed E-state index contributed by atoms with van der Waals surface area (Å²) >= 11 is 6.25. The third-order valence-electron chi connectivity index (χ3n) is 5.02. The number of hydrogen-bond donors (Lipinski definition) is 1. The fraction of sp³-hybridized carbons (Fsp3) is 0.364. The van der Waals surface area contributed by atoms with E-state index in [1.807, 2.05) is 30.3 Å². The molecular formula is C22H27ClN4O3. The van der Waals surface area contributed by atoms with Crippen molar-refractivity contribution in [2.45, 2.75) is 6.54 Å². The molecule has 0 bridgehead atoms. The summed E-state index contributed by atoms with van der Waals surface area (Å²) in [7, 11) is 3.18. The van der Waals surface area contributed by atoms with Gasteiger partial charge in [0.1, 0.15) is 11.5 Å². The number of benzene rings is 2. The number of hydrazone groups is 1. The number of nitrogens with zero attached hydrogens (tertiary/aromatic N) is 3. The van der Waals surface area contributed by atoms with Crippen LogP contribution in [-0.2, 0) is 11.3 Å². The van der Waals surface area contributed by atoms with E-state index < -0.39 is 0 Å². The van der Waals surface area contributed by atoms with Crippen molar-refractivity contribution in [2.75, 3.05) is 46.9 Å². The van der Waals surface area contributed by atoms with Gasteiger partial charge in [-0.05, 0) is 23.8 Å². The minimum Gasteiger partial charge on any atom is -0.497 e. The van der Waals surface area contributed by atoms with Crippen LogP contribution in [0.2, 0.25) is 5.02 Å². The maximum Gasteiger partial charge on any atom is 0.254 e. The summed E-state index contributed by atoms with van der Waals surface area (Å²) in [5.74, 6) is 1.18. The summed E-state index contributed by atoms with van der Waals surface area (Å²) in [6.45, 7) is 4.59. The standard InChI is InChI=1S/C22H27ClN4O3/c1-29-19-8-7-17(21(13-19)30-2)14-24-25-22(28)16-27-11-9-26(10-12-27)15-18-5-3-4-6-20(18)23/h3-8,13-14H,9-12,15-16H2,1-2H3,(H,25,28)/b24-14-. The third-order valence-corrected chi connectivity index (χ3v) is 5.39. The number of halogens is 1. The molecule has 1 N–H and O–H groups in total. The third kappa shape index (κ3) is 6.19. The molecule has 0 saturated carbocycles. The van der Waals surface area contributed by atoms with E-state index in [9.17, 15) is 4.79 Å². The van der Waals surface area contributed by atoms with Crippen LogP contribution in [0.1, 0.15) is 11.1 Å². The lowest BCUT2D eigenvalue weighted by Crippen LogP contribution is -2.48. The summed E-state index contributed by atoms with van der Waals surface area (Å²) in [6, 6.07) is 13.3. The quantitative estimate of drug-likeness (QED) is 0.515. The number of nitrogens with one attached hydrogen (secondary N) is 1. The Morgan fingerprint density at radius 3 is 2.53 bits per heavy atom. The van der Waals surface area contributed by atoms with E-state index in [4.69, 9.17) is 21.1 Å². The number of methoxy groups -OCH3 is 2. The zero-order valence-electron chi connectivity index (χ0n) is 17.3. The Balaban J connectivity index is 1.43. The van der Waals surface area contributed by atoms with Gasteiger partial charge in [0.2, 0.25) is 0 Å². The van der Waals surface area contributed by atoms with Gasteiger partial charge in [-0.15, -0.1) is 0 Å². The first-order chi connectivity index (χ1) is 14.6. The number of piperazine rings is 1. The van der Waals surface area contributed by atoms with Gasteiger partial charge in [0.05, 0.1) is 27.0 Å². The molecule has 1 saturated heterocycles. The summed E-state index contributed by atoms with van der Waals surface area (Å²) < 4.78 is 10.5. The van der Waals surface area contributed by atoms with Crippen LogP contribution in [0.15, 0.2) is 47.6 Å². The summed E-state index contributed by atoms with van der Waals surface area (Å²) in [5, 5.41) is 4.85. The van der Waals surface area contributed by atoms with Crippen molar-refractivity contribution < 1.29 is 14.3 Å². The van der Waals surface area contributed by atoms with Gasteiger partial charge in [0.25, 0.3) is 5.91 Å². The molecule has 0 radical (unpaired) electrons. The molecule has 3 rings (SSSR count). The second kappa shape index (κ2) is 11.0. The van der Waals surface area contributed by atoms with Crippen LogP contribution < -0.4 is 14.9 Å². The Hall–Kier alpha value is -2.61. The lowest BCUT2D eigenvalue weighted by Gasteiger charge is -2.34. The lowest BCUT2D eigenvalue weighted by molar-refractivity contribution is -0.122. The maximum absolute atomic E-state index is 12.2. The van der Waals surface area contributed by atoms with E-state index in [-0.39, 0.29) is 5.91 Å². The van der Waals surface area contributed by atoms with Gasteiger partial charge >= 0.3 is 0 Å². The predicted molar refractivity (Wildman–Crippen MR) is 118 cm³/mol. The van der Waals surface area contributed by atoms with Crippen molar-refractivity contribution in [3.8, 4) is 11.5 Å². The van der Waals surface area contributed by atoms with Gasteiger partial charge in [-0.1, -0.05) is 29.8 Å². The highest BCUT2D eigenvalue weighted by atomic mass is 35.5. The molecule has 1 aliphatic rings. The van der Waals surface area contributed by atoms with Gasteiger partial charge < -0.3 is 9.47 Å². The van der Waals surface area contributed by atoms with E-state index in [0.29, 0.717) is 18.0 Å². The topological polar surface area (TPSA) is 66.4 Å². The minimum absolute atomic E-state index is 0.140. The van der Waals surface area contributed by atoms with Gasteiger partial charge in [-0.25, -0.2) is 5.43 Å². The second-order valence-corrected chi connectivity index (χ2v) is 7.45. The molecule has 1 amide bonds. The SMILES string of the molecule is COc1ccc(/C=N\NC(=O)CN2CCN(Cc3ccccc3Cl)CC2)c(OC)c1. The molecule has 0 atom stereocenters. The van der Waals surface area contributed by atoms with Crippen LogP contribution in [0.25, 0.3) is 0 Å². The van der Waals surface area contributed by atoms with Crippen LogP contribution in [0.3, 0.4) is 0 Å². The summed E-state index contributed by atoms with van der Waals surface area (Å²) in [6.07, 6.45) is 1.57. The molecule has 30 heavy (non-hydrogen) atoms. The number of ether oxygens (including phenoxy) is 2. The molecule has 2 aromatic rings. The Bertz CT molecular complexity index is 882. The van der Waals surface area contributed by atoms with Crippen LogP contribution in [0.5, 0.6) is 11.5 Å². The van der Waals surface area contributed by atoms with E-state index in [1.54, 1.807) is 26.5 Å². The van der Waals surface area contributed by atoms with Crippen molar-refractivity contribution >= 4 is 23.7 Å². The molecule has 0 aromatic heterocycles. The molecule has 1 aliphatic heterocycles. The van der Waals surface area contributed by atoms with Gasteiger partial charge in [0.15, 0.2) is 0 Å². The molecule has 7 nitrogen and oxygen atoms in total. The number of carbonyl (C=O) groups excluding carboxylic acids is 1. The first-order valence-corrected chi connectivity index (χ1v) is 10.2. The fourth-order valence-electron chi connectivity index (χ4n) is 3.31. The van der Waals surface area contributed by atoms with E-state index >= 15 is 0 Å². The molecule has 2 aromatic carbocycles. The minimum atomic E-state index is -0.140. The van der Waals surface area contributed by atoms with E-state index in [2.05, 4.69) is 26.4 Å². The largest absolute Gasteiger partial charge is 0.497 e. The molecule has 0 unspecified atom stereocenters. The number of carbonyl (C=O) groups is 1.